The largest absolute Gasteiger partial charge is 0.379 e. The lowest BCUT2D eigenvalue weighted by Crippen LogP contribution is -2.29. The van der Waals surface area contributed by atoms with E-state index in [-0.39, 0.29) is 12.5 Å². The number of nitrogens with one attached hydrogen (secondary N) is 1. The van der Waals surface area contributed by atoms with Crippen LogP contribution in [0.25, 0.3) is 0 Å². The average Bonchev–Trinajstić information content (AvgIpc) is 2.14. The highest BCUT2D eigenvalue weighted by Crippen LogP contribution is 2.09. The molecule has 0 aromatic heterocycles. The SMILES string of the molecule is COC1CCC(O)N1. The molecular weight excluding hydrogens is 106 g/mol. The zero-order valence-electron chi connectivity index (χ0n) is 4.92. The van der Waals surface area contributed by atoms with E-state index in [9.17, 15) is 0 Å². The van der Waals surface area contributed by atoms with Crippen LogP contribution in [0.4, 0.5) is 0 Å². The Bertz CT molecular complexity index is 76.8. The van der Waals surface area contributed by atoms with Gasteiger partial charge >= 0.3 is 0 Å². The van der Waals surface area contributed by atoms with E-state index >= 15 is 0 Å². The van der Waals surface area contributed by atoms with E-state index < -0.39 is 0 Å². The molecule has 1 aliphatic heterocycles. The van der Waals surface area contributed by atoms with Crippen LogP contribution >= 0.6 is 0 Å². The van der Waals surface area contributed by atoms with Gasteiger partial charge in [0.1, 0.15) is 12.5 Å². The lowest BCUT2D eigenvalue weighted by molar-refractivity contribution is 0.0592. The van der Waals surface area contributed by atoms with Crippen LogP contribution in [0.3, 0.4) is 0 Å². The van der Waals surface area contributed by atoms with Crippen LogP contribution in [0.1, 0.15) is 12.8 Å². The second-order valence-corrected chi connectivity index (χ2v) is 1.98. The summed E-state index contributed by atoms with van der Waals surface area (Å²) in [6.07, 6.45) is 1.45. The van der Waals surface area contributed by atoms with Crippen molar-refractivity contribution in [3.63, 3.8) is 0 Å². The van der Waals surface area contributed by atoms with Crippen molar-refractivity contribution in [2.24, 2.45) is 0 Å². The molecule has 48 valence electrons. The summed E-state index contributed by atoms with van der Waals surface area (Å²) in [6, 6.07) is 0. The predicted octanol–water partition coefficient (Wildman–Crippen LogP) is -0.339. The van der Waals surface area contributed by atoms with Gasteiger partial charge in [-0.25, -0.2) is 0 Å². The summed E-state index contributed by atoms with van der Waals surface area (Å²) in [7, 11) is 1.63. The normalized spacial score (nSPS) is 38.2. The van der Waals surface area contributed by atoms with Gasteiger partial charge in [-0.05, 0) is 12.8 Å². The van der Waals surface area contributed by atoms with Gasteiger partial charge in [0.2, 0.25) is 0 Å². The lowest BCUT2D eigenvalue weighted by atomic mass is 10.3. The monoisotopic (exact) mass is 117 g/mol. The first-order valence-corrected chi connectivity index (χ1v) is 2.80. The van der Waals surface area contributed by atoms with E-state index in [2.05, 4.69) is 5.32 Å². The Morgan fingerprint density at radius 3 is 2.62 bits per heavy atom. The average molecular weight is 117 g/mol. The molecule has 8 heavy (non-hydrogen) atoms. The molecule has 0 aliphatic carbocycles. The molecule has 3 heteroatoms. The number of methoxy groups -OCH3 is 1. The maximum atomic E-state index is 8.84. The van der Waals surface area contributed by atoms with Crippen LogP contribution in [-0.4, -0.2) is 24.7 Å². The second-order valence-electron chi connectivity index (χ2n) is 1.98. The molecule has 0 bridgehead atoms. The van der Waals surface area contributed by atoms with Crippen molar-refractivity contribution in [2.45, 2.75) is 25.3 Å². The summed E-state index contributed by atoms with van der Waals surface area (Å²) in [4.78, 5) is 0. The van der Waals surface area contributed by atoms with Crippen LogP contribution in [0.15, 0.2) is 0 Å². The van der Waals surface area contributed by atoms with Crippen LogP contribution < -0.4 is 5.32 Å². The molecule has 2 N–H and O–H groups in total. The summed E-state index contributed by atoms with van der Waals surface area (Å²) in [6.45, 7) is 0. The maximum absolute atomic E-state index is 8.84. The van der Waals surface area contributed by atoms with Gasteiger partial charge < -0.3 is 9.84 Å². The van der Waals surface area contributed by atoms with Crippen molar-refractivity contribution in [3.05, 3.63) is 0 Å². The molecule has 0 radical (unpaired) electrons. The standard InChI is InChI=1S/C5H11NO2/c1-8-5-3-2-4(7)6-5/h4-7H,2-3H2,1H3. The molecule has 2 atom stereocenters. The molecule has 1 rings (SSSR count). The van der Waals surface area contributed by atoms with E-state index in [1.165, 1.54) is 0 Å². The van der Waals surface area contributed by atoms with Crippen LogP contribution in [0.2, 0.25) is 0 Å². The van der Waals surface area contributed by atoms with Crippen molar-refractivity contribution in [2.75, 3.05) is 7.11 Å². The first-order valence-electron chi connectivity index (χ1n) is 2.80. The highest BCUT2D eigenvalue weighted by atomic mass is 16.5. The fourth-order valence-electron chi connectivity index (χ4n) is 0.876. The third-order valence-corrected chi connectivity index (χ3v) is 1.37. The fourth-order valence-corrected chi connectivity index (χ4v) is 0.876. The van der Waals surface area contributed by atoms with Gasteiger partial charge in [-0.2, -0.15) is 0 Å². The second kappa shape index (κ2) is 2.44. The molecular formula is C5H11NO2. The predicted molar refractivity (Wildman–Crippen MR) is 29.2 cm³/mol. The third kappa shape index (κ3) is 1.18. The zero-order valence-corrected chi connectivity index (χ0v) is 4.92. The van der Waals surface area contributed by atoms with E-state index in [0.717, 1.165) is 12.8 Å². The number of ether oxygens (including phenoxy) is 1. The number of aliphatic hydroxyl groups excluding tert-OH is 1. The quantitative estimate of drug-likeness (QED) is 0.493. The van der Waals surface area contributed by atoms with E-state index in [1.807, 2.05) is 0 Å². The maximum Gasteiger partial charge on any atom is 0.109 e. The molecule has 0 aromatic carbocycles. The van der Waals surface area contributed by atoms with E-state index in [0.29, 0.717) is 0 Å². The summed E-state index contributed by atoms with van der Waals surface area (Å²) in [5.74, 6) is 0. The number of hydrogen-bond donors (Lipinski definition) is 2. The Kier molecular flexibility index (Phi) is 1.83. The minimum Gasteiger partial charge on any atom is -0.379 e. The first kappa shape index (κ1) is 6.01. The fraction of sp³-hybridized carbons (Fsp3) is 1.00. The Balaban J connectivity index is 2.22. The Morgan fingerprint density at radius 1 is 1.62 bits per heavy atom. The molecule has 3 nitrogen and oxygen atoms in total. The smallest absolute Gasteiger partial charge is 0.109 e. The number of hydrogen-bond acceptors (Lipinski definition) is 3. The van der Waals surface area contributed by atoms with Crippen molar-refractivity contribution in [1.82, 2.24) is 5.32 Å². The van der Waals surface area contributed by atoms with E-state index in [1.54, 1.807) is 7.11 Å². The molecule has 1 saturated heterocycles. The van der Waals surface area contributed by atoms with Gasteiger partial charge in [-0.15, -0.1) is 0 Å². The minimum absolute atomic E-state index is 0.0741. The molecule has 0 aromatic rings. The molecule has 1 fully saturated rings. The minimum atomic E-state index is -0.347. The third-order valence-electron chi connectivity index (χ3n) is 1.37. The van der Waals surface area contributed by atoms with Gasteiger partial charge in [-0.3, -0.25) is 5.32 Å². The Labute approximate surface area is 48.7 Å². The number of rotatable bonds is 1. The molecule has 0 saturated carbocycles. The van der Waals surface area contributed by atoms with Crippen LogP contribution in [-0.2, 0) is 4.74 Å². The van der Waals surface area contributed by atoms with Gasteiger partial charge in [0.15, 0.2) is 0 Å². The summed E-state index contributed by atoms with van der Waals surface area (Å²) < 4.78 is 4.91. The molecule has 0 amide bonds. The Morgan fingerprint density at radius 2 is 2.38 bits per heavy atom. The number of aliphatic hydroxyl groups is 1. The van der Waals surface area contributed by atoms with Crippen molar-refractivity contribution in [1.29, 1.82) is 0 Å². The first-order chi connectivity index (χ1) is 3.83. The zero-order chi connectivity index (χ0) is 5.98. The topological polar surface area (TPSA) is 41.5 Å². The summed E-state index contributed by atoms with van der Waals surface area (Å²) in [5.41, 5.74) is 0. The molecule has 2 unspecified atom stereocenters. The van der Waals surface area contributed by atoms with Gasteiger partial charge in [0.05, 0.1) is 0 Å². The van der Waals surface area contributed by atoms with E-state index in [4.69, 9.17) is 9.84 Å². The van der Waals surface area contributed by atoms with Crippen molar-refractivity contribution >= 4 is 0 Å². The van der Waals surface area contributed by atoms with Crippen LogP contribution in [0.5, 0.6) is 0 Å². The van der Waals surface area contributed by atoms with Gasteiger partial charge in [-0.1, -0.05) is 0 Å². The summed E-state index contributed by atoms with van der Waals surface area (Å²) >= 11 is 0. The molecule has 0 spiro atoms. The van der Waals surface area contributed by atoms with Crippen molar-refractivity contribution < 1.29 is 9.84 Å². The van der Waals surface area contributed by atoms with Crippen molar-refractivity contribution in [3.8, 4) is 0 Å². The molecule has 1 aliphatic rings. The lowest BCUT2D eigenvalue weighted by Gasteiger charge is -2.06. The molecule has 1 heterocycles. The highest BCUT2D eigenvalue weighted by molar-refractivity contribution is 4.68. The highest BCUT2D eigenvalue weighted by Gasteiger charge is 2.19. The van der Waals surface area contributed by atoms with Gasteiger partial charge in [0.25, 0.3) is 0 Å². The van der Waals surface area contributed by atoms with Crippen LogP contribution in [0, 0.1) is 0 Å². The van der Waals surface area contributed by atoms with Gasteiger partial charge in [0, 0.05) is 7.11 Å². The Hall–Kier alpha value is -0.120. The summed E-state index contributed by atoms with van der Waals surface area (Å²) in [5, 5.41) is 11.7.